The van der Waals surface area contributed by atoms with Crippen molar-refractivity contribution in [3.63, 3.8) is 0 Å². The first-order chi connectivity index (χ1) is 7.57. The van der Waals surface area contributed by atoms with Crippen molar-refractivity contribution in [1.29, 1.82) is 0 Å². The minimum Gasteiger partial charge on any atom is -0.477 e. The summed E-state index contributed by atoms with van der Waals surface area (Å²) in [5, 5.41) is 8.84. The molecule has 0 radical (unpaired) electrons. The molecule has 0 saturated heterocycles. The number of nitrogens with zero attached hydrogens (tertiary/aromatic N) is 1. The van der Waals surface area contributed by atoms with Gasteiger partial charge >= 0.3 is 5.97 Å². The van der Waals surface area contributed by atoms with Gasteiger partial charge < -0.3 is 9.67 Å². The third kappa shape index (κ3) is 2.72. The van der Waals surface area contributed by atoms with Crippen molar-refractivity contribution in [3.05, 3.63) is 33.7 Å². The average molecular weight is 223 g/mol. The first-order valence-corrected chi connectivity index (χ1v) is 5.51. The molecule has 1 rings (SSSR count). The number of carboxylic acid groups (broad SMARTS) is 1. The zero-order chi connectivity index (χ0) is 12.1. The van der Waals surface area contributed by atoms with Crippen LogP contribution in [0.1, 0.15) is 42.2 Å². The number of carboxylic acids is 1. The number of aryl methyl sites for hydroxylation is 1. The standard InChI is InChI=1S/C12H17NO3/c1-3-4-5-8-13-9(2)6-7-10(11(13)14)12(15)16/h6-7H,3-5,8H2,1-2H3,(H,15,16). The summed E-state index contributed by atoms with van der Waals surface area (Å²) in [5.74, 6) is -1.16. The van der Waals surface area contributed by atoms with Crippen LogP contribution in [0.25, 0.3) is 0 Å². The van der Waals surface area contributed by atoms with Gasteiger partial charge in [0.2, 0.25) is 0 Å². The Hall–Kier alpha value is -1.58. The van der Waals surface area contributed by atoms with E-state index in [-0.39, 0.29) is 5.56 Å². The maximum Gasteiger partial charge on any atom is 0.341 e. The van der Waals surface area contributed by atoms with Gasteiger partial charge in [0.1, 0.15) is 5.56 Å². The van der Waals surface area contributed by atoms with E-state index in [9.17, 15) is 9.59 Å². The van der Waals surface area contributed by atoms with Crippen LogP contribution in [-0.2, 0) is 6.54 Å². The van der Waals surface area contributed by atoms with E-state index in [0.29, 0.717) is 6.54 Å². The lowest BCUT2D eigenvalue weighted by atomic mass is 10.2. The summed E-state index contributed by atoms with van der Waals surface area (Å²) in [6, 6.07) is 3.05. The van der Waals surface area contributed by atoms with Crippen molar-refractivity contribution in [2.45, 2.75) is 39.7 Å². The van der Waals surface area contributed by atoms with Crippen molar-refractivity contribution in [3.8, 4) is 0 Å². The highest BCUT2D eigenvalue weighted by Crippen LogP contribution is 2.02. The fourth-order valence-corrected chi connectivity index (χ4v) is 1.63. The molecule has 88 valence electrons. The molecular formula is C12H17NO3. The number of hydrogen-bond donors (Lipinski definition) is 1. The lowest BCUT2D eigenvalue weighted by Gasteiger charge is -2.10. The predicted octanol–water partition coefficient (Wildman–Crippen LogP) is 2.05. The highest BCUT2D eigenvalue weighted by atomic mass is 16.4. The molecule has 1 N–H and O–H groups in total. The second-order valence-corrected chi connectivity index (χ2v) is 3.86. The molecule has 0 aliphatic heterocycles. The zero-order valence-electron chi connectivity index (χ0n) is 9.69. The summed E-state index contributed by atoms with van der Waals surface area (Å²) < 4.78 is 1.54. The van der Waals surface area contributed by atoms with Crippen LogP contribution >= 0.6 is 0 Å². The predicted molar refractivity (Wildman–Crippen MR) is 61.9 cm³/mol. The second-order valence-electron chi connectivity index (χ2n) is 3.86. The molecule has 0 spiro atoms. The monoisotopic (exact) mass is 223 g/mol. The Labute approximate surface area is 94.5 Å². The van der Waals surface area contributed by atoms with Gasteiger partial charge in [-0.15, -0.1) is 0 Å². The Morgan fingerprint density at radius 2 is 2.06 bits per heavy atom. The van der Waals surface area contributed by atoms with Crippen LogP contribution in [0.3, 0.4) is 0 Å². The summed E-state index contributed by atoms with van der Waals surface area (Å²) >= 11 is 0. The molecule has 0 aromatic carbocycles. The topological polar surface area (TPSA) is 59.3 Å². The minimum atomic E-state index is -1.16. The van der Waals surface area contributed by atoms with Gasteiger partial charge in [0.15, 0.2) is 0 Å². The largest absolute Gasteiger partial charge is 0.477 e. The minimum absolute atomic E-state index is 0.151. The summed E-state index contributed by atoms with van der Waals surface area (Å²) in [6.45, 7) is 4.50. The van der Waals surface area contributed by atoms with Crippen LogP contribution in [0.2, 0.25) is 0 Å². The molecule has 0 saturated carbocycles. The third-order valence-electron chi connectivity index (χ3n) is 2.61. The van der Waals surface area contributed by atoms with Crippen LogP contribution in [0, 0.1) is 6.92 Å². The van der Waals surface area contributed by atoms with Gasteiger partial charge in [-0.25, -0.2) is 4.79 Å². The highest BCUT2D eigenvalue weighted by Gasteiger charge is 2.11. The maximum atomic E-state index is 11.8. The summed E-state index contributed by atoms with van der Waals surface area (Å²) in [7, 11) is 0. The number of aromatic nitrogens is 1. The first-order valence-electron chi connectivity index (χ1n) is 5.51. The van der Waals surface area contributed by atoms with E-state index < -0.39 is 11.5 Å². The van der Waals surface area contributed by atoms with Crippen molar-refractivity contribution in [2.24, 2.45) is 0 Å². The zero-order valence-corrected chi connectivity index (χ0v) is 9.69. The van der Waals surface area contributed by atoms with Gasteiger partial charge in [-0.05, 0) is 25.5 Å². The molecule has 16 heavy (non-hydrogen) atoms. The normalized spacial score (nSPS) is 10.4. The van der Waals surface area contributed by atoms with Crippen molar-refractivity contribution < 1.29 is 9.90 Å². The van der Waals surface area contributed by atoms with Crippen molar-refractivity contribution in [2.75, 3.05) is 0 Å². The number of aromatic carboxylic acids is 1. The van der Waals surface area contributed by atoms with Crippen molar-refractivity contribution >= 4 is 5.97 Å². The van der Waals surface area contributed by atoms with Gasteiger partial charge in [-0.3, -0.25) is 4.79 Å². The lowest BCUT2D eigenvalue weighted by molar-refractivity contribution is 0.0694. The second kappa shape index (κ2) is 5.49. The molecule has 1 aromatic heterocycles. The van der Waals surface area contributed by atoms with E-state index >= 15 is 0 Å². The van der Waals surface area contributed by atoms with Gasteiger partial charge in [-0.2, -0.15) is 0 Å². The van der Waals surface area contributed by atoms with Crippen LogP contribution < -0.4 is 5.56 Å². The first kappa shape index (κ1) is 12.5. The van der Waals surface area contributed by atoms with Crippen LogP contribution in [0.15, 0.2) is 16.9 Å². The number of pyridine rings is 1. The molecule has 0 fully saturated rings. The van der Waals surface area contributed by atoms with E-state index in [1.54, 1.807) is 10.6 Å². The Morgan fingerprint density at radius 3 is 2.62 bits per heavy atom. The number of rotatable bonds is 5. The van der Waals surface area contributed by atoms with E-state index in [2.05, 4.69) is 6.92 Å². The van der Waals surface area contributed by atoms with Crippen LogP contribution in [0.5, 0.6) is 0 Å². The van der Waals surface area contributed by atoms with Gasteiger partial charge in [-0.1, -0.05) is 19.8 Å². The highest BCUT2D eigenvalue weighted by molar-refractivity contribution is 5.87. The average Bonchev–Trinajstić information content (AvgIpc) is 2.22. The van der Waals surface area contributed by atoms with E-state index in [1.807, 2.05) is 6.92 Å². The number of carbonyl (C=O) groups is 1. The molecule has 0 atom stereocenters. The molecule has 4 nitrogen and oxygen atoms in total. The molecular weight excluding hydrogens is 206 g/mol. The van der Waals surface area contributed by atoms with E-state index in [1.165, 1.54) is 6.07 Å². The molecule has 0 unspecified atom stereocenters. The van der Waals surface area contributed by atoms with Crippen molar-refractivity contribution in [1.82, 2.24) is 4.57 Å². The Morgan fingerprint density at radius 1 is 1.38 bits per heavy atom. The Kier molecular flexibility index (Phi) is 4.28. The molecule has 1 aromatic rings. The van der Waals surface area contributed by atoms with E-state index in [0.717, 1.165) is 25.0 Å². The SMILES string of the molecule is CCCCCn1c(C)ccc(C(=O)O)c1=O. The van der Waals surface area contributed by atoms with Gasteiger partial charge in [0, 0.05) is 12.2 Å². The Bertz CT molecular complexity index is 434. The van der Waals surface area contributed by atoms with Crippen LogP contribution in [0.4, 0.5) is 0 Å². The fraction of sp³-hybridized carbons (Fsp3) is 0.500. The van der Waals surface area contributed by atoms with Gasteiger partial charge in [0.05, 0.1) is 0 Å². The fourth-order valence-electron chi connectivity index (χ4n) is 1.63. The van der Waals surface area contributed by atoms with Crippen LogP contribution in [-0.4, -0.2) is 15.6 Å². The molecule has 0 aliphatic rings. The molecule has 0 bridgehead atoms. The molecule has 4 heteroatoms. The quantitative estimate of drug-likeness (QED) is 0.777. The maximum absolute atomic E-state index is 11.8. The number of unbranched alkanes of at least 4 members (excludes halogenated alkanes) is 2. The lowest BCUT2D eigenvalue weighted by Crippen LogP contribution is -2.27. The number of hydrogen-bond acceptors (Lipinski definition) is 2. The Balaban J connectivity index is 3.02. The smallest absolute Gasteiger partial charge is 0.341 e. The summed E-state index contributed by atoms with van der Waals surface area (Å²) in [5.41, 5.74) is 0.261. The molecule has 1 heterocycles. The summed E-state index contributed by atoms with van der Waals surface area (Å²) in [4.78, 5) is 22.6. The van der Waals surface area contributed by atoms with Gasteiger partial charge in [0.25, 0.3) is 5.56 Å². The summed E-state index contributed by atoms with van der Waals surface area (Å²) in [6.07, 6.45) is 3.02. The third-order valence-corrected chi connectivity index (χ3v) is 2.61. The molecule has 0 aliphatic carbocycles. The van der Waals surface area contributed by atoms with E-state index in [4.69, 9.17) is 5.11 Å². The molecule has 0 amide bonds.